The highest BCUT2D eigenvalue weighted by atomic mass is 16.1. The summed E-state index contributed by atoms with van der Waals surface area (Å²) in [4.78, 5) is 14.5. The lowest BCUT2D eigenvalue weighted by atomic mass is 10.1. The van der Waals surface area contributed by atoms with Crippen molar-refractivity contribution in [1.82, 2.24) is 9.38 Å². The topological polar surface area (TPSA) is 37.3 Å². The van der Waals surface area contributed by atoms with Gasteiger partial charge >= 0.3 is 5.69 Å². The van der Waals surface area contributed by atoms with E-state index in [1.165, 1.54) is 5.57 Å². The van der Waals surface area contributed by atoms with E-state index in [0.717, 1.165) is 16.8 Å². The van der Waals surface area contributed by atoms with Crippen molar-refractivity contribution in [3.8, 4) is 0 Å². The van der Waals surface area contributed by atoms with E-state index in [4.69, 9.17) is 0 Å². The molecule has 0 fully saturated rings. The molecule has 3 nitrogen and oxygen atoms in total. The smallest absolute Gasteiger partial charge is 0.305 e. The first-order valence-electron chi connectivity index (χ1n) is 4.86. The molecule has 0 bridgehead atoms. The van der Waals surface area contributed by atoms with Crippen molar-refractivity contribution < 1.29 is 0 Å². The standard InChI is InChI=1S/C12H10N2O/c1-8-4-2-6-10-11-9(8)5-3-7-14(11)12(15)13-10/h2-7H,1H3,(H,13,15). The third-order valence-electron chi connectivity index (χ3n) is 2.74. The normalized spacial score (nSPS) is 14.1. The fourth-order valence-corrected chi connectivity index (χ4v) is 2.00. The molecule has 3 rings (SSSR count). The van der Waals surface area contributed by atoms with Gasteiger partial charge in [-0.3, -0.25) is 4.40 Å². The lowest BCUT2D eigenvalue weighted by Gasteiger charge is -2.02. The Kier molecular flexibility index (Phi) is 1.51. The van der Waals surface area contributed by atoms with Crippen molar-refractivity contribution in [3.05, 3.63) is 52.2 Å². The summed E-state index contributed by atoms with van der Waals surface area (Å²) in [5, 5.41) is 0. The van der Waals surface area contributed by atoms with Gasteiger partial charge in [0.1, 0.15) is 0 Å². The van der Waals surface area contributed by atoms with E-state index < -0.39 is 0 Å². The van der Waals surface area contributed by atoms with Gasteiger partial charge in [0.15, 0.2) is 0 Å². The summed E-state index contributed by atoms with van der Waals surface area (Å²) >= 11 is 0. The molecule has 0 unspecified atom stereocenters. The molecule has 2 heterocycles. The minimum Gasteiger partial charge on any atom is -0.305 e. The molecular formula is C12H10N2O. The van der Waals surface area contributed by atoms with E-state index in [1.807, 2.05) is 37.3 Å². The summed E-state index contributed by atoms with van der Waals surface area (Å²) in [6.07, 6.45) is 7.72. The fraction of sp³-hybridized carbons (Fsp3) is 0.0833. The van der Waals surface area contributed by atoms with Crippen LogP contribution in [0.15, 0.2) is 35.3 Å². The molecule has 3 heteroatoms. The zero-order valence-electron chi connectivity index (χ0n) is 8.32. The van der Waals surface area contributed by atoms with Crippen LogP contribution in [0.5, 0.6) is 0 Å². The van der Waals surface area contributed by atoms with Crippen LogP contribution in [0.3, 0.4) is 0 Å². The van der Waals surface area contributed by atoms with Gasteiger partial charge < -0.3 is 4.98 Å². The van der Waals surface area contributed by atoms with Crippen molar-refractivity contribution in [2.45, 2.75) is 6.92 Å². The number of aromatic amines is 1. The Morgan fingerprint density at radius 2 is 2.27 bits per heavy atom. The molecule has 0 radical (unpaired) electrons. The van der Waals surface area contributed by atoms with Crippen LogP contribution >= 0.6 is 0 Å². The average Bonchev–Trinajstić information content (AvgIpc) is 2.46. The Bertz CT molecular complexity index is 656. The fourth-order valence-electron chi connectivity index (χ4n) is 2.00. The number of hydrogen-bond donors (Lipinski definition) is 1. The van der Waals surface area contributed by atoms with Crippen LogP contribution in [0.4, 0.5) is 0 Å². The van der Waals surface area contributed by atoms with Crippen LogP contribution in [0.2, 0.25) is 0 Å². The lowest BCUT2D eigenvalue weighted by molar-refractivity contribution is 1.06. The molecule has 1 aliphatic carbocycles. The molecule has 0 saturated carbocycles. The molecule has 0 aromatic carbocycles. The van der Waals surface area contributed by atoms with Crippen LogP contribution < -0.4 is 5.69 Å². The summed E-state index contributed by atoms with van der Waals surface area (Å²) in [6.45, 7) is 2.05. The summed E-state index contributed by atoms with van der Waals surface area (Å²) in [5.74, 6) is 0. The van der Waals surface area contributed by atoms with Crippen molar-refractivity contribution in [2.75, 3.05) is 0 Å². The largest absolute Gasteiger partial charge is 0.330 e. The molecule has 0 atom stereocenters. The molecular weight excluding hydrogens is 188 g/mol. The monoisotopic (exact) mass is 198 g/mol. The molecule has 15 heavy (non-hydrogen) atoms. The van der Waals surface area contributed by atoms with Gasteiger partial charge in [-0.1, -0.05) is 18.2 Å². The average molecular weight is 198 g/mol. The summed E-state index contributed by atoms with van der Waals surface area (Å²) in [7, 11) is 0. The molecule has 0 aliphatic heterocycles. The molecule has 1 aliphatic rings. The van der Waals surface area contributed by atoms with Gasteiger partial charge in [0, 0.05) is 11.8 Å². The van der Waals surface area contributed by atoms with Gasteiger partial charge in [0.2, 0.25) is 0 Å². The van der Waals surface area contributed by atoms with Crippen LogP contribution in [-0.4, -0.2) is 9.38 Å². The summed E-state index contributed by atoms with van der Waals surface area (Å²) in [5.41, 5.74) is 4.04. The third-order valence-corrected chi connectivity index (χ3v) is 2.74. The minimum atomic E-state index is -0.0822. The maximum Gasteiger partial charge on any atom is 0.330 e. The Morgan fingerprint density at radius 3 is 3.13 bits per heavy atom. The summed E-state index contributed by atoms with van der Waals surface area (Å²) in [6, 6.07) is 3.93. The number of H-pyrrole nitrogens is 1. The van der Waals surface area contributed by atoms with Gasteiger partial charge in [0.05, 0.1) is 11.2 Å². The van der Waals surface area contributed by atoms with Gasteiger partial charge in [-0.25, -0.2) is 4.79 Å². The molecule has 2 aromatic heterocycles. The summed E-state index contributed by atoms with van der Waals surface area (Å²) < 4.78 is 1.65. The van der Waals surface area contributed by atoms with E-state index in [9.17, 15) is 4.79 Å². The second-order valence-electron chi connectivity index (χ2n) is 3.69. The van der Waals surface area contributed by atoms with Crippen molar-refractivity contribution in [3.63, 3.8) is 0 Å². The van der Waals surface area contributed by atoms with E-state index >= 15 is 0 Å². The number of imidazole rings is 1. The predicted molar refractivity (Wildman–Crippen MR) is 60.7 cm³/mol. The predicted octanol–water partition coefficient (Wildman–Crippen LogP) is 2.06. The number of nitrogens with zero attached hydrogens (tertiary/aromatic N) is 1. The molecule has 0 saturated heterocycles. The second kappa shape index (κ2) is 2.73. The number of pyridine rings is 1. The highest BCUT2D eigenvalue weighted by Crippen LogP contribution is 2.24. The van der Waals surface area contributed by atoms with E-state index in [-0.39, 0.29) is 5.69 Å². The molecule has 0 amide bonds. The van der Waals surface area contributed by atoms with Crippen LogP contribution in [0.1, 0.15) is 18.2 Å². The third kappa shape index (κ3) is 1.03. The number of allylic oxidation sites excluding steroid dienone is 3. The van der Waals surface area contributed by atoms with Crippen molar-refractivity contribution >= 4 is 17.2 Å². The molecule has 2 aromatic rings. The van der Waals surface area contributed by atoms with Crippen molar-refractivity contribution in [1.29, 1.82) is 0 Å². The molecule has 74 valence electrons. The Hall–Kier alpha value is -2.03. The quantitative estimate of drug-likeness (QED) is 0.691. The molecule has 0 spiro atoms. The van der Waals surface area contributed by atoms with Crippen LogP contribution in [-0.2, 0) is 0 Å². The van der Waals surface area contributed by atoms with Crippen LogP contribution in [0.25, 0.3) is 17.2 Å². The van der Waals surface area contributed by atoms with Gasteiger partial charge in [-0.2, -0.15) is 0 Å². The molecule has 1 N–H and O–H groups in total. The minimum absolute atomic E-state index is 0.0822. The highest BCUT2D eigenvalue weighted by molar-refractivity contribution is 5.86. The zero-order valence-corrected chi connectivity index (χ0v) is 8.32. The first-order valence-corrected chi connectivity index (χ1v) is 4.86. The maximum atomic E-state index is 11.6. The number of aromatic nitrogens is 2. The number of rotatable bonds is 0. The van der Waals surface area contributed by atoms with E-state index in [0.29, 0.717) is 0 Å². The zero-order chi connectivity index (χ0) is 10.4. The van der Waals surface area contributed by atoms with Gasteiger partial charge in [-0.15, -0.1) is 0 Å². The van der Waals surface area contributed by atoms with E-state index in [1.54, 1.807) is 10.6 Å². The highest BCUT2D eigenvalue weighted by Gasteiger charge is 2.11. The Morgan fingerprint density at radius 1 is 1.40 bits per heavy atom. The Balaban J connectivity index is 2.61. The van der Waals surface area contributed by atoms with Gasteiger partial charge in [0.25, 0.3) is 0 Å². The van der Waals surface area contributed by atoms with Crippen molar-refractivity contribution in [2.24, 2.45) is 0 Å². The maximum absolute atomic E-state index is 11.6. The number of nitrogens with one attached hydrogen (secondary N) is 1. The SMILES string of the molecule is CC1=CC=Cc2[nH]c(=O)n3cccc1c23. The van der Waals surface area contributed by atoms with Gasteiger partial charge in [-0.05, 0) is 24.6 Å². The Labute approximate surface area is 86.4 Å². The second-order valence-corrected chi connectivity index (χ2v) is 3.69. The first kappa shape index (κ1) is 8.29. The van der Waals surface area contributed by atoms with Crippen LogP contribution in [0, 0.1) is 0 Å². The first-order chi connectivity index (χ1) is 7.27. The van der Waals surface area contributed by atoms with E-state index in [2.05, 4.69) is 4.98 Å². The lowest BCUT2D eigenvalue weighted by Crippen LogP contribution is -2.08. The number of hydrogen-bond acceptors (Lipinski definition) is 1.